The van der Waals surface area contributed by atoms with E-state index >= 15 is 0 Å². The van der Waals surface area contributed by atoms with E-state index in [2.05, 4.69) is 35.3 Å². The molecule has 140 valence electrons. The smallest absolute Gasteiger partial charge is 0.142 e. The van der Waals surface area contributed by atoms with Crippen molar-refractivity contribution in [2.24, 2.45) is 0 Å². The number of pyridine rings is 1. The van der Waals surface area contributed by atoms with Crippen LogP contribution in [0.1, 0.15) is 5.56 Å². The minimum absolute atomic E-state index is 0.251. The van der Waals surface area contributed by atoms with Gasteiger partial charge in [-0.3, -0.25) is 0 Å². The second kappa shape index (κ2) is 8.22. The monoisotopic (exact) mass is 393 g/mol. The van der Waals surface area contributed by atoms with Crippen molar-refractivity contribution in [1.29, 1.82) is 5.26 Å². The molecule has 2 N–H and O–H groups in total. The highest BCUT2D eigenvalue weighted by molar-refractivity contribution is 7.98. The lowest BCUT2D eigenvalue weighted by molar-refractivity contribution is 1.31. The van der Waals surface area contributed by atoms with E-state index in [-0.39, 0.29) is 5.82 Å². The fraction of sp³-hybridized carbons (Fsp3) is 0.0400. The summed E-state index contributed by atoms with van der Waals surface area (Å²) in [5, 5.41) is 9.61. The Bertz CT molecular complexity index is 1180. The number of aromatic nitrogens is 1. The van der Waals surface area contributed by atoms with Crippen molar-refractivity contribution in [3.63, 3.8) is 0 Å². The molecule has 29 heavy (non-hydrogen) atoms. The number of anilines is 1. The zero-order valence-corrected chi connectivity index (χ0v) is 16.8. The summed E-state index contributed by atoms with van der Waals surface area (Å²) in [6.45, 7) is 0. The number of nitriles is 1. The molecule has 4 rings (SSSR count). The number of nitrogens with two attached hydrogens (primary N) is 1. The Morgan fingerprint density at radius 1 is 0.793 bits per heavy atom. The average Bonchev–Trinajstić information content (AvgIpc) is 2.79. The van der Waals surface area contributed by atoms with Crippen molar-refractivity contribution in [2.45, 2.75) is 4.90 Å². The van der Waals surface area contributed by atoms with Gasteiger partial charge in [-0.1, -0.05) is 66.7 Å². The predicted molar refractivity (Wildman–Crippen MR) is 121 cm³/mol. The van der Waals surface area contributed by atoms with Crippen LogP contribution < -0.4 is 5.73 Å². The molecule has 0 bridgehead atoms. The van der Waals surface area contributed by atoms with E-state index in [4.69, 9.17) is 5.73 Å². The van der Waals surface area contributed by atoms with Crippen LogP contribution in [0.25, 0.3) is 33.5 Å². The first-order valence-corrected chi connectivity index (χ1v) is 10.4. The van der Waals surface area contributed by atoms with Crippen LogP contribution in [0, 0.1) is 11.3 Å². The Kier molecular flexibility index (Phi) is 5.33. The summed E-state index contributed by atoms with van der Waals surface area (Å²) in [5.41, 5.74) is 12.3. The molecular formula is C25H19N3S. The molecule has 1 heterocycles. The highest BCUT2D eigenvalue weighted by Gasteiger charge is 2.13. The van der Waals surface area contributed by atoms with Gasteiger partial charge in [-0.2, -0.15) is 5.26 Å². The number of nitrogens with zero attached hydrogens (tertiary/aromatic N) is 2. The highest BCUT2D eigenvalue weighted by atomic mass is 32.2. The van der Waals surface area contributed by atoms with Crippen molar-refractivity contribution in [3.05, 3.63) is 90.5 Å². The first-order chi connectivity index (χ1) is 14.2. The van der Waals surface area contributed by atoms with Gasteiger partial charge in [-0.25, -0.2) is 4.98 Å². The molecule has 3 aromatic carbocycles. The molecule has 1 aromatic heterocycles. The van der Waals surface area contributed by atoms with Gasteiger partial charge >= 0.3 is 0 Å². The SMILES string of the molecule is CSc1ccc(-c2cc(-c3ccc(-c4ccccc4)cc3)nc(N)c2C#N)cc1. The molecule has 0 spiro atoms. The van der Waals surface area contributed by atoms with Gasteiger partial charge < -0.3 is 5.73 Å². The minimum atomic E-state index is 0.251. The Labute approximate surface area is 174 Å². The number of nitrogen functional groups attached to an aromatic ring is 1. The fourth-order valence-corrected chi connectivity index (χ4v) is 3.70. The summed E-state index contributed by atoms with van der Waals surface area (Å²) in [6.07, 6.45) is 2.04. The molecule has 0 aliphatic carbocycles. The number of hydrogen-bond donors (Lipinski definition) is 1. The molecule has 0 saturated carbocycles. The summed E-state index contributed by atoms with van der Waals surface area (Å²) in [4.78, 5) is 5.66. The molecule has 0 fully saturated rings. The van der Waals surface area contributed by atoms with E-state index in [0.29, 0.717) is 5.56 Å². The van der Waals surface area contributed by atoms with Gasteiger partial charge in [0.2, 0.25) is 0 Å². The molecule has 0 saturated heterocycles. The van der Waals surface area contributed by atoms with Crippen LogP contribution >= 0.6 is 11.8 Å². The van der Waals surface area contributed by atoms with Crippen LogP contribution in [0.5, 0.6) is 0 Å². The van der Waals surface area contributed by atoms with Gasteiger partial charge in [-0.05, 0) is 41.1 Å². The molecule has 0 unspecified atom stereocenters. The van der Waals surface area contributed by atoms with Crippen molar-refractivity contribution in [1.82, 2.24) is 4.98 Å². The number of hydrogen-bond acceptors (Lipinski definition) is 4. The van der Waals surface area contributed by atoms with E-state index in [1.165, 1.54) is 10.5 Å². The van der Waals surface area contributed by atoms with Gasteiger partial charge in [0, 0.05) is 16.0 Å². The van der Waals surface area contributed by atoms with Crippen LogP contribution in [0.4, 0.5) is 5.82 Å². The second-order valence-corrected chi connectivity index (χ2v) is 7.48. The van der Waals surface area contributed by atoms with Gasteiger partial charge in [0.25, 0.3) is 0 Å². The predicted octanol–water partition coefficient (Wildman–Crippen LogP) is 6.26. The molecule has 0 atom stereocenters. The van der Waals surface area contributed by atoms with Crippen LogP contribution in [0.2, 0.25) is 0 Å². The maximum absolute atomic E-state index is 9.61. The molecule has 0 aliphatic rings. The van der Waals surface area contributed by atoms with Crippen molar-refractivity contribution >= 4 is 17.6 Å². The van der Waals surface area contributed by atoms with Crippen LogP contribution in [-0.2, 0) is 0 Å². The first-order valence-electron chi connectivity index (χ1n) is 9.20. The maximum Gasteiger partial charge on any atom is 0.142 e. The largest absolute Gasteiger partial charge is 0.383 e. The lowest BCUT2D eigenvalue weighted by atomic mass is 9.97. The summed E-state index contributed by atoms with van der Waals surface area (Å²) >= 11 is 1.68. The third-order valence-electron chi connectivity index (χ3n) is 4.85. The zero-order valence-electron chi connectivity index (χ0n) is 16.0. The van der Waals surface area contributed by atoms with E-state index in [1.54, 1.807) is 11.8 Å². The zero-order chi connectivity index (χ0) is 20.2. The van der Waals surface area contributed by atoms with Crippen molar-refractivity contribution in [3.8, 4) is 39.6 Å². The van der Waals surface area contributed by atoms with E-state index in [9.17, 15) is 5.26 Å². The highest BCUT2D eigenvalue weighted by Crippen LogP contribution is 2.33. The topological polar surface area (TPSA) is 62.7 Å². The Morgan fingerprint density at radius 3 is 2.00 bits per heavy atom. The van der Waals surface area contributed by atoms with Crippen LogP contribution in [0.3, 0.4) is 0 Å². The fourth-order valence-electron chi connectivity index (χ4n) is 3.29. The van der Waals surface area contributed by atoms with Crippen molar-refractivity contribution < 1.29 is 0 Å². The van der Waals surface area contributed by atoms with Crippen LogP contribution in [-0.4, -0.2) is 11.2 Å². The maximum atomic E-state index is 9.61. The average molecular weight is 394 g/mol. The Balaban J connectivity index is 1.76. The summed E-state index contributed by atoms with van der Waals surface area (Å²) in [6, 6.07) is 30.8. The number of benzene rings is 3. The quantitative estimate of drug-likeness (QED) is 0.416. The first kappa shape index (κ1) is 18.8. The molecule has 4 aromatic rings. The standard InChI is InChI=1S/C25H19N3S/c1-29-21-13-11-19(12-14-21)22-15-24(28-25(27)23(22)16-26)20-9-7-18(8-10-20)17-5-3-2-4-6-17/h2-15H,1H3,(H2,27,28). The molecule has 0 amide bonds. The van der Waals surface area contributed by atoms with Gasteiger partial charge in [0.1, 0.15) is 17.5 Å². The Morgan fingerprint density at radius 2 is 1.38 bits per heavy atom. The number of thioether (sulfide) groups is 1. The van der Waals surface area contributed by atoms with Gasteiger partial charge in [0.05, 0.1) is 5.69 Å². The minimum Gasteiger partial charge on any atom is -0.383 e. The van der Waals surface area contributed by atoms with E-state index in [0.717, 1.165) is 27.9 Å². The van der Waals surface area contributed by atoms with Gasteiger partial charge in [-0.15, -0.1) is 11.8 Å². The molecular weight excluding hydrogens is 374 g/mol. The number of rotatable bonds is 4. The molecule has 0 aliphatic heterocycles. The third kappa shape index (κ3) is 3.87. The second-order valence-electron chi connectivity index (χ2n) is 6.60. The normalized spacial score (nSPS) is 10.5. The lowest BCUT2D eigenvalue weighted by Crippen LogP contribution is -1.99. The lowest BCUT2D eigenvalue weighted by Gasteiger charge is -2.11. The Hall–Kier alpha value is -3.55. The summed E-state index contributed by atoms with van der Waals surface area (Å²) in [5.74, 6) is 0.251. The third-order valence-corrected chi connectivity index (χ3v) is 5.59. The van der Waals surface area contributed by atoms with E-state index < -0.39 is 0 Å². The summed E-state index contributed by atoms with van der Waals surface area (Å²) < 4.78 is 0. The molecule has 4 heteroatoms. The molecule has 3 nitrogen and oxygen atoms in total. The molecule has 0 radical (unpaired) electrons. The van der Waals surface area contributed by atoms with Crippen LogP contribution in [0.15, 0.2) is 89.8 Å². The van der Waals surface area contributed by atoms with E-state index in [1.807, 2.05) is 66.9 Å². The summed E-state index contributed by atoms with van der Waals surface area (Å²) in [7, 11) is 0. The van der Waals surface area contributed by atoms with Gasteiger partial charge in [0.15, 0.2) is 0 Å². The van der Waals surface area contributed by atoms with Crippen molar-refractivity contribution in [2.75, 3.05) is 12.0 Å².